The van der Waals surface area contributed by atoms with Crippen LogP contribution in [0.25, 0.3) is 0 Å². The number of hydrogen-bond acceptors (Lipinski definition) is 4. The average molecular weight is 276 g/mol. The molecule has 0 unspecified atom stereocenters. The highest BCUT2D eigenvalue weighted by Crippen LogP contribution is 2.20. The predicted octanol–water partition coefficient (Wildman–Crippen LogP) is 1.17. The van der Waals surface area contributed by atoms with Crippen molar-refractivity contribution in [1.29, 1.82) is 0 Å². The zero-order valence-electron chi connectivity index (χ0n) is 11.7. The summed E-state index contributed by atoms with van der Waals surface area (Å²) in [6.07, 6.45) is 0.321. The minimum absolute atomic E-state index is 0.122. The van der Waals surface area contributed by atoms with Gasteiger partial charge in [-0.1, -0.05) is 0 Å². The van der Waals surface area contributed by atoms with Gasteiger partial charge in [-0.15, -0.1) is 0 Å². The zero-order valence-corrected chi connectivity index (χ0v) is 11.7. The Morgan fingerprint density at radius 2 is 1.70 bits per heavy atom. The summed E-state index contributed by atoms with van der Waals surface area (Å²) in [4.78, 5) is 50.6. The van der Waals surface area contributed by atoms with Gasteiger partial charge in [-0.3, -0.25) is 24.1 Å². The number of rotatable bonds is 4. The molecule has 0 atom stereocenters. The minimum Gasteiger partial charge on any atom is -0.355 e. The molecule has 6 heteroatoms. The van der Waals surface area contributed by atoms with Crippen LogP contribution in [0.3, 0.4) is 0 Å². The molecule has 0 saturated carbocycles. The first-order valence-corrected chi connectivity index (χ1v) is 6.39. The van der Waals surface area contributed by atoms with Crippen molar-refractivity contribution >= 4 is 23.4 Å². The SMILES string of the molecule is CC(=O)c1c(C)[nH]c(C(=O)CN2C(=O)CCC2=O)c1C. The summed E-state index contributed by atoms with van der Waals surface area (Å²) >= 11 is 0. The van der Waals surface area contributed by atoms with Crippen LogP contribution in [0.4, 0.5) is 0 Å². The third-order valence-corrected chi connectivity index (χ3v) is 3.52. The van der Waals surface area contributed by atoms with E-state index in [1.54, 1.807) is 13.8 Å². The van der Waals surface area contributed by atoms with Crippen LogP contribution >= 0.6 is 0 Å². The van der Waals surface area contributed by atoms with Gasteiger partial charge in [0.1, 0.15) is 0 Å². The molecule has 1 N–H and O–H groups in total. The first-order chi connectivity index (χ1) is 9.32. The van der Waals surface area contributed by atoms with Gasteiger partial charge in [0, 0.05) is 24.1 Å². The van der Waals surface area contributed by atoms with E-state index in [2.05, 4.69) is 4.98 Å². The maximum Gasteiger partial charge on any atom is 0.230 e. The van der Waals surface area contributed by atoms with Crippen molar-refractivity contribution < 1.29 is 19.2 Å². The topological polar surface area (TPSA) is 87.3 Å². The fourth-order valence-electron chi connectivity index (χ4n) is 2.58. The van der Waals surface area contributed by atoms with Crippen molar-refractivity contribution in [2.75, 3.05) is 6.54 Å². The lowest BCUT2D eigenvalue weighted by molar-refractivity contribution is -0.137. The van der Waals surface area contributed by atoms with Crippen molar-refractivity contribution in [1.82, 2.24) is 9.88 Å². The highest BCUT2D eigenvalue weighted by Gasteiger charge is 2.31. The van der Waals surface area contributed by atoms with Crippen LogP contribution in [-0.4, -0.2) is 39.8 Å². The maximum absolute atomic E-state index is 12.2. The Morgan fingerprint density at radius 3 is 2.15 bits per heavy atom. The minimum atomic E-state index is -0.360. The van der Waals surface area contributed by atoms with Crippen LogP contribution in [0.5, 0.6) is 0 Å². The number of nitrogens with zero attached hydrogens (tertiary/aromatic N) is 1. The molecular weight excluding hydrogens is 260 g/mol. The summed E-state index contributed by atoms with van der Waals surface area (Å²) in [5, 5.41) is 0. The molecule has 6 nitrogen and oxygen atoms in total. The number of H-pyrrole nitrogens is 1. The third-order valence-electron chi connectivity index (χ3n) is 3.52. The van der Waals surface area contributed by atoms with E-state index in [4.69, 9.17) is 0 Å². The van der Waals surface area contributed by atoms with Gasteiger partial charge in [0.2, 0.25) is 11.8 Å². The molecule has 2 rings (SSSR count). The summed E-state index contributed by atoms with van der Waals surface area (Å²) in [7, 11) is 0. The average Bonchev–Trinajstić information content (AvgIpc) is 2.82. The number of carbonyl (C=O) groups excluding carboxylic acids is 4. The Kier molecular flexibility index (Phi) is 3.57. The summed E-state index contributed by atoms with van der Waals surface area (Å²) in [5.41, 5.74) is 1.98. The number of likely N-dealkylation sites (tertiary alicyclic amines) is 1. The molecule has 1 fully saturated rings. The van der Waals surface area contributed by atoms with Gasteiger partial charge in [-0.25, -0.2) is 0 Å². The highest BCUT2D eigenvalue weighted by atomic mass is 16.2. The fourth-order valence-corrected chi connectivity index (χ4v) is 2.58. The Balaban J connectivity index is 2.26. The van der Waals surface area contributed by atoms with Gasteiger partial charge in [-0.2, -0.15) is 0 Å². The number of hydrogen-bond donors (Lipinski definition) is 1. The Morgan fingerprint density at radius 1 is 1.15 bits per heavy atom. The van der Waals surface area contributed by atoms with E-state index in [1.165, 1.54) is 6.92 Å². The molecule has 106 valence electrons. The second kappa shape index (κ2) is 5.03. The Bertz CT molecular complexity index is 611. The molecule has 20 heavy (non-hydrogen) atoms. The van der Waals surface area contributed by atoms with Gasteiger partial charge in [-0.05, 0) is 26.3 Å². The fraction of sp³-hybridized carbons (Fsp3) is 0.429. The summed E-state index contributed by atoms with van der Waals surface area (Å²) < 4.78 is 0. The van der Waals surface area contributed by atoms with Gasteiger partial charge < -0.3 is 4.98 Å². The van der Waals surface area contributed by atoms with Crippen molar-refractivity contribution in [3.8, 4) is 0 Å². The first kappa shape index (κ1) is 14.2. The molecule has 1 aromatic heterocycles. The molecule has 0 aliphatic carbocycles. The number of aromatic nitrogens is 1. The van der Waals surface area contributed by atoms with Crippen LogP contribution in [0.15, 0.2) is 0 Å². The van der Waals surface area contributed by atoms with Crippen LogP contribution in [0.2, 0.25) is 0 Å². The smallest absolute Gasteiger partial charge is 0.230 e. The highest BCUT2D eigenvalue weighted by molar-refractivity contribution is 6.09. The van der Waals surface area contributed by atoms with Crippen LogP contribution in [-0.2, 0) is 9.59 Å². The summed E-state index contributed by atoms with van der Waals surface area (Å²) in [6, 6.07) is 0. The van der Waals surface area contributed by atoms with Crippen LogP contribution in [0.1, 0.15) is 51.9 Å². The van der Waals surface area contributed by atoms with Crippen molar-refractivity contribution in [3.05, 3.63) is 22.5 Å². The largest absolute Gasteiger partial charge is 0.355 e. The second-order valence-electron chi connectivity index (χ2n) is 4.98. The summed E-state index contributed by atoms with van der Waals surface area (Å²) in [5.74, 6) is -1.13. The van der Waals surface area contributed by atoms with E-state index in [0.717, 1.165) is 4.90 Å². The Labute approximate surface area is 116 Å². The normalized spacial score (nSPS) is 15.1. The monoisotopic (exact) mass is 276 g/mol. The number of carbonyl (C=O) groups is 4. The molecule has 0 spiro atoms. The summed E-state index contributed by atoms with van der Waals surface area (Å²) in [6.45, 7) is 4.56. The van der Waals surface area contributed by atoms with E-state index >= 15 is 0 Å². The number of Topliss-reactive ketones (excluding diaryl/α,β-unsaturated/α-hetero) is 2. The lowest BCUT2D eigenvalue weighted by atomic mass is 10.1. The molecule has 1 aliphatic heterocycles. The lowest BCUT2D eigenvalue weighted by Gasteiger charge is -2.12. The van der Waals surface area contributed by atoms with Gasteiger partial charge in [0.05, 0.1) is 12.2 Å². The molecule has 2 amide bonds. The number of nitrogens with one attached hydrogen (secondary N) is 1. The maximum atomic E-state index is 12.2. The van der Waals surface area contributed by atoms with E-state index in [1.807, 2.05) is 0 Å². The standard InChI is InChI=1S/C14H16N2O4/c1-7-13(9(3)17)8(2)15-14(7)10(18)6-16-11(19)4-5-12(16)20/h15H,4-6H2,1-3H3. The number of imide groups is 1. The molecule has 1 aromatic rings. The molecule has 0 aromatic carbocycles. The van der Waals surface area contributed by atoms with Crippen LogP contribution < -0.4 is 0 Å². The van der Waals surface area contributed by atoms with Crippen LogP contribution in [0, 0.1) is 13.8 Å². The van der Waals surface area contributed by atoms with Crippen molar-refractivity contribution in [2.45, 2.75) is 33.6 Å². The molecule has 1 saturated heterocycles. The quantitative estimate of drug-likeness (QED) is 0.660. The number of aryl methyl sites for hydroxylation is 1. The van der Waals surface area contributed by atoms with Crippen molar-refractivity contribution in [3.63, 3.8) is 0 Å². The second-order valence-corrected chi connectivity index (χ2v) is 4.98. The van der Waals surface area contributed by atoms with E-state index in [9.17, 15) is 19.2 Å². The molecule has 1 aliphatic rings. The molecular formula is C14H16N2O4. The van der Waals surface area contributed by atoms with Gasteiger partial charge in [0.25, 0.3) is 0 Å². The van der Waals surface area contributed by atoms with E-state index in [0.29, 0.717) is 22.5 Å². The van der Waals surface area contributed by atoms with Crippen molar-refractivity contribution in [2.24, 2.45) is 0 Å². The lowest BCUT2D eigenvalue weighted by Crippen LogP contribution is -2.34. The third kappa shape index (κ3) is 2.29. The first-order valence-electron chi connectivity index (χ1n) is 6.39. The number of aromatic amines is 1. The van der Waals surface area contributed by atoms with E-state index in [-0.39, 0.29) is 42.8 Å². The molecule has 0 radical (unpaired) electrons. The number of ketones is 2. The predicted molar refractivity (Wildman–Crippen MR) is 70.6 cm³/mol. The zero-order chi connectivity index (χ0) is 15.0. The van der Waals surface area contributed by atoms with Gasteiger partial charge >= 0.3 is 0 Å². The van der Waals surface area contributed by atoms with Gasteiger partial charge in [0.15, 0.2) is 11.6 Å². The molecule has 2 heterocycles. The molecule has 0 bridgehead atoms. The van der Waals surface area contributed by atoms with E-state index < -0.39 is 0 Å². The Hall–Kier alpha value is -2.24. The number of amides is 2.